The van der Waals surface area contributed by atoms with Gasteiger partial charge in [0.2, 0.25) is 0 Å². The maximum Gasteiger partial charge on any atom is 0.335 e. The number of nitrogens with one attached hydrogen (secondary N) is 3. The molecule has 8 aromatic rings. The Bertz CT molecular complexity index is 4040. The Morgan fingerprint density at radius 3 is 1.34 bits per heavy atom. The predicted molar refractivity (Wildman–Crippen MR) is 388 cm³/mol. The highest BCUT2D eigenvalue weighted by Gasteiger charge is 2.38. The van der Waals surface area contributed by atoms with Gasteiger partial charge < -0.3 is 46.1 Å². The van der Waals surface area contributed by atoms with Gasteiger partial charge in [0.1, 0.15) is 23.3 Å². The van der Waals surface area contributed by atoms with E-state index < -0.39 is 59.4 Å². The van der Waals surface area contributed by atoms with Gasteiger partial charge in [0.05, 0.1) is 23.8 Å². The summed E-state index contributed by atoms with van der Waals surface area (Å²) in [6.07, 6.45) is 16.6. The third-order valence-electron chi connectivity index (χ3n) is 19.9. The first-order valence-electron chi connectivity index (χ1n) is 35.5. The van der Waals surface area contributed by atoms with Gasteiger partial charge in [-0.15, -0.1) is 0 Å². The number of carbonyl (C=O) groups excluding carboxylic acids is 3. The molecule has 99 heavy (non-hydrogen) atoms. The zero-order valence-electron chi connectivity index (χ0n) is 59.6. The predicted octanol–water partition coefficient (Wildman–Crippen LogP) is 16.7. The number of nitrogens with two attached hydrogens (primary N) is 1. The van der Waals surface area contributed by atoms with Crippen LogP contribution in [0.25, 0.3) is 21.8 Å². The monoisotopic (exact) mass is 1360 g/mol. The van der Waals surface area contributed by atoms with Gasteiger partial charge in [-0.25, -0.2) is 22.4 Å². The minimum atomic E-state index is -1.07. The SMILES string of the molecule is CC(C)(C)c1cccc(C2(NC[C@@H](O)[C@@H](N)Cc3cc(F)cc(F)c3)CCCCC2)c1.CCCCn1cc(C(C)=O)c2ccc(C(=O)N[C@@H](Cc3cc(F)cc(F)c3)[C@H](O)CNC3(c4cccc(C(C)(C)C)c4)CCCCC3)cc21.CCCCn1cc(C(C)=O)c2ccc(C(=O)O)cc21. The van der Waals surface area contributed by atoms with Crippen molar-refractivity contribution in [3.8, 4) is 0 Å². The summed E-state index contributed by atoms with van der Waals surface area (Å²) in [6, 6.07) is 32.8. The van der Waals surface area contributed by atoms with Gasteiger partial charge >= 0.3 is 5.97 Å². The van der Waals surface area contributed by atoms with Gasteiger partial charge in [-0.3, -0.25) is 14.4 Å². The number of benzene rings is 6. The van der Waals surface area contributed by atoms with Crippen LogP contribution in [0.3, 0.4) is 0 Å². The van der Waals surface area contributed by atoms with Crippen molar-refractivity contribution in [3.63, 3.8) is 0 Å². The summed E-state index contributed by atoms with van der Waals surface area (Å²) in [4.78, 5) is 48.9. The number of aliphatic hydroxyl groups is 2. The molecule has 2 aliphatic carbocycles. The number of halogens is 4. The van der Waals surface area contributed by atoms with Gasteiger partial charge in [-0.05, 0) is 158 Å². The van der Waals surface area contributed by atoms with Crippen LogP contribution in [0.1, 0.15) is 234 Å². The Balaban J connectivity index is 0.000000211. The summed E-state index contributed by atoms with van der Waals surface area (Å²) >= 11 is 0. The summed E-state index contributed by atoms with van der Waals surface area (Å²) in [6.45, 7) is 22.5. The third kappa shape index (κ3) is 20.2. The van der Waals surface area contributed by atoms with Crippen molar-refractivity contribution in [3.05, 3.63) is 213 Å². The number of unbranched alkanes of at least 4 members (excludes halogenated alkanes) is 2. The van der Waals surface area contributed by atoms with Crippen LogP contribution < -0.4 is 21.7 Å². The fraction of sp³-hybridized carbons (Fsp3) is 0.463. The quantitative estimate of drug-likeness (QED) is 0.0213. The largest absolute Gasteiger partial charge is 0.478 e. The van der Waals surface area contributed by atoms with Gasteiger partial charge in [0.25, 0.3) is 5.91 Å². The second-order valence-electron chi connectivity index (χ2n) is 29.6. The molecule has 532 valence electrons. The number of aryl methyl sites for hydroxylation is 2. The Kier molecular flexibility index (Phi) is 26.5. The van der Waals surface area contributed by atoms with Gasteiger partial charge in [-0.1, -0.05) is 167 Å². The lowest BCUT2D eigenvalue weighted by Gasteiger charge is -2.41. The second kappa shape index (κ2) is 34.0. The summed E-state index contributed by atoms with van der Waals surface area (Å²) in [7, 11) is 0. The number of aromatic carboxylic acids is 1. The molecule has 2 saturated carbocycles. The number of fused-ring (bicyclic) bond motifs is 2. The number of rotatable bonds is 25. The van der Waals surface area contributed by atoms with Crippen molar-refractivity contribution in [1.82, 2.24) is 25.1 Å². The molecule has 2 aliphatic rings. The molecule has 4 atom stereocenters. The summed E-state index contributed by atoms with van der Waals surface area (Å²) < 4.78 is 59.4. The molecule has 17 heteroatoms. The maximum absolute atomic E-state index is 14.3. The lowest BCUT2D eigenvalue weighted by Crippen LogP contribution is -2.53. The first kappa shape index (κ1) is 76.9. The third-order valence-corrected chi connectivity index (χ3v) is 19.9. The smallest absolute Gasteiger partial charge is 0.335 e. The Morgan fingerprint density at radius 1 is 0.535 bits per heavy atom. The van der Waals surface area contributed by atoms with Gasteiger partial charge in [0.15, 0.2) is 11.6 Å². The van der Waals surface area contributed by atoms with Crippen LogP contribution in [-0.4, -0.2) is 85.3 Å². The van der Waals surface area contributed by atoms with Crippen molar-refractivity contribution in [2.75, 3.05) is 13.1 Å². The molecule has 13 nitrogen and oxygen atoms in total. The van der Waals surface area contributed by atoms with E-state index in [1.54, 1.807) is 36.4 Å². The lowest BCUT2D eigenvalue weighted by molar-refractivity contribution is 0.0696. The summed E-state index contributed by atoms with van der Waals surface area (Å²) in [5.74, 6) is -4.10. The fourth-order valence-corrected chi connectivity index (χ4v) is 14.0. The van der Waals surface area contributed by atoms with E-state index in [1.807, 2.05) is 21.5 Å². The molecule has 0 saturated heterocycles. The van der Waals surface area contributed by atoms with E-state index in [-0.39, 0.29) is 58.4 Å². The van der Waals surface area contributed by atoms with Crippen molar-refractivity contribution in [2.45, 2.75) is 231 Å². The molecule has 8 N–H and O–H groups in total. The maximum atomic E-state index is 14.3. The Hall–Kier alpha value is -7.80. The average Bonchev–Trinajstić information content (AvgIpc) is 1.78. The number of amides is 1. The highest BCUT2D eigenvalue weighted by atomic mass is 19.1. The van der Waals surface area contributed by atoms with Crippen LogP contribution in [-0.2, 0) is 47.8 Å². The van der Waals surface area contributed by atoms with E-state index in [0.29, 0.717) is 40.9 Å². The first-order chi connectivity index (χ1) is 46.9. The minimum Gasteiger partial charge on any atom is -0.478 e. The van der Waals surface area contributed by atoms with Gasteiger partial charge in [0, 0.05) is 106 Å². The number of aromatic nitrogens is 2. The highest BCUT2D eigenvalue weighted by molar-refractivity contribution is 6.09. The number of carboxylic acid groups (broad SMARTS) is 1. The zero-order valence-corrected chi connectivity index (χ0v) is 59.6. The van der Waals surface area contributed by atoms with E-state index >= 15 is 0 Å². The molecular formula is C82H104F4N6O7. The normalized spacial score (nSPS) is 15.8. The van der Waals surface area contributed by atoms with E-state index in [1.165, 1.54) is 66.8 Å². The highest BCUT2D eigenvalue weighted by Crippen LogP contribution is 2.41. The molecule has 2 fully saturated rings. The topological polar surface area (TPSA) is 201 Å². The van der Waals surface area contributed by atoms with E-state index in [0.717, 1.165) is 124 Å². The van der Waals surface area contributed by atoms with Crippen molar-refractivity contribution < 1.29 is 52.1 Å². The minimum absolute atomic E-state index is 0.00308. The second-order valence-corrected chi connectivity index (χ2v) is 29.6. The first-order valence-corrected chi connectivity index (χ1v) is 35.5. The Morgan fingerprint density at radius 2 is 0.939 bits per heavy atom. The van der Waals surface area contributed by atoms with Crippen LogP contribution in [0, 0.1) is 23.3 Å². The van der Waals surface area contributed by atoms with E-state index in [4.69, 9.17) is 10.8 Å². The fourth-order valence-electron chi connectivity index (χ4n) is 14.0. The molecule has 0 spiro atoms. The number of aliphatic hydroxyl groups excluding tert-OH is 2. The lowest BCUT2D eigenvalue weighted by atomic mass is 9.74. The molecular weight excluding hydrogens is 1260 g/mol. The number of Topliss-reactive ketones (excluding diaryl/α,β-unsaturated/α-hetero) is 2. The number of hydrogen-bond donors (Lipinski definition) is 7. The average molecular weight is 1360 g/mol. The standard InChI is InChI=1S/C41H51F2N3O3.C26H36F2N2O.C15H17NO3/c1-6-7-18-46-26-35(27(2)47)34-15-14-29(22-37(34)46)39(49)45-36(21-28-19-32(42)24-33(43)20-28)38(48)25-44-41(16-9-8-10-17-41)31-13-11-12-30(23-31)40(3,4)5;1-25(2,3)19-8-7-9-20(15-19)26(10-5-4-6-11-26)30-17-24(31)23(29)14-18-12-21(27)16-22(28)13-18;1-3-4-7-16-9-13(10(2)17)12-6-5-11(15(18)19)8-14(12)16/h11-15,19-20,22-24,26,36,38,44,48H,6-10,16-18,21,25H2,1-5H3,(H,45,49);7-9,12-13,15-16,23-24,30-31H,4-6,10-11,14,17,29H2,1-3H3;5-6,8-9H,3-4,7H2,1-2H3,(H,18,19)/t36-,38+;23-,24+;/m00./s1. The van der Waals surface area contributed by atoms with Crippen molar-refractivity contribution in [1.29, 1.82) is 0 Å². The van der Waals surface area contributed by atoms with Crippen LogP contribution in [0.15, 0.2) is 134 Å². The number of hydrogen-bond acceptors (Lipinski definition) is 9. The van der Waals surface area contributed by atoms with E-state index in [9.17, 15) is 47.0 Å². The van der Waals surface area contributed by atoms with Gasteiger partial charge in [-0.2, -0.15) is 0 Å². The van der Waals surface area contributed by atoms with Crippen LogP contribution in [0.5, 0.6) is 0 Å². The van der Waals surface area contributed by atoms with Crippen LogP contribution >= 0.6 is 0 Å². The molecule has 1 amide bonds. The summed E-state index contributed by atoms with van der Waals surface area (Å²) in [5.41, 5.74) is 15.0. The number of nitrogens with zero attached hydrogens (tertiary/aromatic N) is 2. The molecule has 0 aliphatic heterocycles. The Labute approximate surface area is 582 Å². The zero-order chi connectivity index (χ0) is 72.0. The molecule has 6 aromatic carbocycles. The molecule has 10 rings (SSSR count). The molecule has 0 unspecified atom stereocenters. The van der Waals surface area contributed by atoms with Crippen molar-refractivity contribution >= 4 is 45.2 Å². The molecule has 2 aromatic heterocycles. The van der Waals surface area contributed by atoms with E-state index in [2.05, 4.69) is 120 Å². The van der Waals surface area contributed by atoms with Crippen molar-refractivity contribution in [2.24, 2.45) is 5.73 Å². The van der Waals surface area contributed by atoms with Crippen LogP contribution in [0.2, 0.25) is 0 Å². The molecule has 0 bridgehead atoms. The number of ketones is 2. The molecule has 2 heterocycles. The number of carbonyl (C=O) groups is 4. The summed E-state index contributed by atoms with van der Waals surface area (Å²) in [5, 5.41) is 43.5. The number of carboxylic acids is 1. The van der Waals surface area contributed by atoms with Crippen LogP contribution in [0.4, 0.5) is 17.6 Å². The molecule has 0 radical (unpaired) electrons.